The summed E-state index contributed by atoms with van der Waals surface area (Å²) in [6.45, 7) is 8.63. The average Bonchev–Trinajstić information content (AvgIpc) is 2.08. The Morgan fingerprint density at radius 1 is 1.60 bits per heavy atom. The third-order valence-corrected chi connectivity index (χ3v) is 1.47. The van der Waals surface area contributed by atoms with E-state index in [2.05, 4.69) is 6.58 Å². The van der Waals surface area contributed by atoms with Gasteiger partial charge in [0.05, 0.1) is 5.60 Å². The summed E-state index contributed by atoms with van der Waals surface area (Å²) < 4.78 is 0. The second-order valence-corrected chi connectivity index (χ2v) is 4.05. The lowest BCUT2D eigenvalue weighted by atomic mass is 10.2. The molecule has 1 N–H and O–H groups in total. The van der Waals surface area contributed by atoms with E-state index in [9.17, 15) is 9.59 Å². The maximum Gasteiger partial charge on any atom is 0.329 e. The molecule has 0 saturated heterocycles. The number of aliphatic carboxylic acids is 1. The van der Waals surface area contributed by atoms with Gasteiger partial charge in [-0.25, -0.2) is 9.86 Å². The van der Waals surface area contributed by atoms with E-state index in [1.54, 1.807) is 20.8 Å². The SMILES string of the molecule is C=CC[C@@H](C(=O)O)N(C=O)OC(C)(C)C. The van der Waals surface area contributed by atoms with Gasteiger partial charge in [-0.05, 0) is 27.2 Å². The van der Waals surface area contributed by atoms with E-state index in [0.717, 1.165) is 5.06 Å². The maximum absolute atomic E-state index is 10.8. The lowest BCUT2D eigenvalue weighted by Gasteiger charge is -2.30. The molecule has 5 heteroatoms. The van der Waals surface area contributed by atoms with Crippen LogP contribution in [0.25, 0.3) is 0 Å². The van der Waals surface area contributed by atoms with Crippen molar-refractivity contribution in [1.82, 2.24) is 5.06 Å². The minimum Gasteiger partial charge on any atom is -0.480 e. The summed E-state index contributed by atoms with van der Waals surface area (Å²) >= 11 is 0. The molecule has 0 heterocycles. The van der Waals surface area contributed by atoms with Crippen LogP contribution in [0.2, 0.25) is 0 Å². The van der Waals surface area contributed by atoms with Gasteiger partial charge in [0.1, 0.15) is 0 Å². The minimum absolute atomic E-state index is 0.143. The van der Waals surface area contributed by atoms with Crippen molar-refractivity contribution in [2.75, 3.05) is 0 Å². The van der Waals surface area contributed by atoms with Crippen molar-refractivity contribution in [2.24, 2.45) is 0 Å². The Hall–Kier alpha value is -1.36. The fourth-order valence-corrected chi connectivity index (χ4v) is 0.946. The third kappa shape index (κ3) is 5.17. The van der Waals surface area contributed by atoms with Crippen LogP contribution in [0.1, 0.15) is 27.2 Å². The van der Waals surface area contributed by atoms with E-state index in [1.165, 1.54) is 6.08 Å². The standard InChI is InChI=1S/C10H17NO4/c1-5-6-8(9(13)14)11(7-12)15-10(2,3)4/h5,7-8H,1,6H2,2-4H3,(H,13,14)/t8-/m0/s1. The van der Waals surface area contributed by atoms with Crippen LogP contribution in [-0.4, -0.2) is 34.2 Å². The van der Waals surface area contributed by atoms with Crippen molar-refractivity contribution in [1.29, 1.82) is 0 Å². The van der Waals surface area contributed by atoms with Gasteiger partial charge < -0.3 is 5.11 Å². The van der Waals surface area contributed by atoms with E-state index >= 15 is 0 Å². The molecular weight excluding hydrogens is 198 g/mol. The number of hydroxylamine groups is 2. The predicted molar refractivity (Wildman–Crippen MR) is 55.0 cm³/mol. The first-order valence-corrected chi connectivity index (χ1v) is 4.58. The lowest BCUT2D eigenvalue weighted by molar-refractivity contribution is -0.234. The summed E-state index contributed by atoms with van der Waals surface area (Å²) in [6.07, 6.45) is 1.94. The number of carboxylic acid groups (broad SMARTS) is 1. The number of amides is 1. The summed E-state index contributed by atoms with van der Waals surface area (Å²) in [5, 5.41) is 9.68. The molecule has 0 aromatic heterocycles. The molecule has 86 valence electrons. The van der Waals surface area contributed by atoms with Gasteiger partial charge in [-0.15, -0.1) is 6.58 Å². The molecular formula is C10H17NO4. The highest BCUT2D eigenvalue weighted by molar-refractivity contribution is 5.76. The first-order valence-electron chi connectivity index (χ1n) is 4.58. The van der Waals surface area contributed by atoms with Gasteiger partial charge in [0, 0.05) is 0 Å². The smallest absolute Gasteiger partial charge is 0.329 e. The third-order valence-electron chi connectivity index (χ3n) is 1.47. The molecule has 0 aromatic rings. The number of hydrogen-bond donors (Lipinski definition) is 1. The van der Waals surface area contributed by atoms with Crippen LogP contribution >= 0.6 is 0 Å². The Balaban J connectivity index is 4.66. The first-order chi connectivity index (χ1) is 6.81. The number of carboxylic acids is 1. The van der Waals surface area contributed by atoms with Crippen molar-refractivity contribution in [3.8, 4) is 0 Å². The van der Waals surface area contributed by atoms with Gasteiger partial charge in [0.25, 0.3) is 0 Å². The van der Waals surface area contributed by atoms with E-state index in [-0.39, 0.29) is 6.42 Å². The number of carbonyl (C=O) groups is 2. The van der Waals surface area contributed by atoms with Crippen LogP contribution in [0.3, 0.4) is 0 Å². The Morgan fingerprint density at radius 2 is 2.13 bits per heavy atom. The van der Waals surface area contributed by atoms with Gasteiger partial charge in [-0.3, -0.25) is 9.63 Å². The molecule has 1 atom stereocenters. The minimum atomic E-state index is -1.12. The molecule has 0 radical (unpaired) electrons. The molecule has 0 fully saturated rings. The molecule has 5 nitrogen and oxygen atoms in total. The summed E-state index contributed by atoms with van der Waals surface area (Å²) in [6, 6.07) is -1.03. The number of hydrogen-bond acceptors (Lipinski definition) is 3. The quantitative estimate of drug-likeness (QED) is 0.411. The van der Waals surface area contributed by atoms with Gasteiger partial charge in [0.15, 0.2) is 6.04 Å². The van der Waals surface area contributed by atoms with Gasteiger partial charge in [0.2, 0.25) is 6.41 Å². The van der Waals surface area contributed by atoms with Crippen molar-refractivity contribution >= 4 is 12.4 Å². The predicted octanol–water partition coefficient (Wildman–Crippen LogP) is 1.20. The second kappa shape index (κ2) is 5.50. The van der Waals surface area contributed by atoms with E-state index in [0.29, 0.717) is 6.41 Å². The second-order valence-electron chi connectivity index (χ2n) is 4.05. The molecule has 0 spiro atoms. The maximum atomic E-state index is 10.8. The Bertz CT molecular complexity index is 244. The molecule has 0 bridgehead atoms. The van der Waals surface area contributed by atoms with Crippen LogP contribution in [0, 0.1) is 0 Å². The van der Waals surface area contributed by atoms with Gasteiger partial charge in [-0.2, -0.15) is 0 Å². The highest BCUT2D eigenvalue weighted by Crippen LogP contribution is 2.13. The van der Waals surface area contributed by atoms with Crippen LogP contribution < -0.4 is 0 Å². The molecule has 0 aromatic carbocycles. The molecule has 15 heavy (non-hydrogen) atoms. The molecule has 0 saturated carbocycles. The van der Waals surface area contributed by atoms with Crippen molar-refractivity contribution in [3.63, 3.8) is 0 Å². The summed E-state index contributed by atoms with van der Waals surface area (Å²) in [5.41, 5.74) is -0.615. The van der Waals surface area contributed by atoms with Crippen LogP contribution in [0.5, 0.6) is 0 Å². The van der Waals surface area contributed by atoms with Crippen LogP contribution in [-0.2, 0) is 14.4 Å². The normalized spacial score (nSPS) is 13.0. The zero-order chi connectivity index (χ0) is 12.1. The van der Waals surface area contributed by atoms with Crippen molar-refractivity contribution in [2.45, 2.75) is 38.8 Å². The topological polar surface area (TPSA) is 66.8 Å². The van der Waals surface area contributed by atoms with Crippen LogP contribution in [0.4, 0.5) is 0 Å². The van der Waals surface area contributed by atoms with Crippen LogP contribution in [0.15, 0.2) is 12.7 Å². The zero-order valence-corrected chi connectivity index (χ0v) is 9.27. The summed E-state index contributed by atoms with van der Waals surface area (Å²) in [5.74, 6) is -1.12. The molecule has 0 aliphatic carbocycles. The fourth-order valence-electron chi connectivity index (χ4n) is 0.946. The number of carbonyl (C=O) groups excluding carboxylic acids is 1. The summed E-state index contributed by atoms with van der Waals surface area (Å²) in [4.78, 5) is 26.8. The Morgan fingerprint density at radius 3 is 2.40 bits per heavy atom. The average molecular weight is 215 g/mol. The first kappa shape index (κ1) is 13.6. The molecule has 0 aliphatic rings. The van der Waals surface area contributed by atoms with Gasteiger partial charge >= 0.3 is 5.97 Å². The van der Waals surface area contributed by atoms with Crippen molar-refractivity contribution < 1.29 is 19.5 Å². The highest BCUT2D eigenvalue weighted by Gasteiger charge is 2.27. The number of nitrogens with zero attached hydrogens (tertiary/aromatic N) is 1. The van der Waals surface area contributed by atoms with Gasteiger partial charge in [-0.1, -0.05) is 6.08 Å². The largest absolute Gasteiger partial charge is 0.480 e. The van der Waals surface area contributed by atoms with E-state index < -0.39 is 17.6 Å². The number of rotatable bonds is 6. The molecule has 0 rings (SSSR count). The zero-order valence-electron chi connectivity index (χ0n) is 9.27. The van der Waals surface area contributed by atoms with E-state index in [1.807, 2.05) is 0 Å². The Kier molecular flexibility index (Phi) is 5.00. The van der Waals surface area contributed by atoms with Crippen molar-refractivity contribution in [3.05, 3.63) is 12.7 Å². The fraction of sp³-hybridized carbons (Fsp3) is 0.600. The molecule has 1 amide bonds. The van der Waals surface area contributed by atoms with E-state index in [4.69, 9.17) is 9.94 Å². The molecule has 0 unspecified atom stereocenters. The monoisotopic (exact) mass is 215 g/mol. The molecule has 0 aliphatic heterocycles. The lowest BCUT2D eigenvalue weighted by Crippen LogP contribution is -2.44. The highest BCUT2D eigenvalue weighted by atomic mass is 16.7. The summed E-state index contributed by atoms with van der Waals surface area (Å²) in [7, 11) is 0. The Labute approximate surface area is 89.3 Å².